The molecule has 4 aromatic carbocycles. The van der Waals surface area contributed by atoms with Gasteiger partial charge in [0.25, 0.3) is 5.82 Å². The van der Waals surface area contributed by atoms with E-state index in [1.54, 1.807) is 13.2 Å². The first kappa shape index (κ1) is 37.3. The predicted octanol–water partition coefficient (Wildman–Crippen LogP) is 9.96. The van der Waals surface area contributed by atoms with Gasteiger partial charge in [0.2, 0.25) is 0 Å². The van der Waals surface area contributed by atoms with Gasteiger partial charge in [-0.1, -0.05) is 83.4 Å². The highest BCUT2D eigenvalue weighted by Crippen LogP contribution is 2.44. The van der Waals surface area contributed by atoms with Crippen molar-refractivity contribution in [1.29, 1.82) is 0 Å². The third-order valence-electron chi connectivity index (χ3n) is 8.82. The summed E-state index contributed by atoms with van der Waals surface area (Å²) in [6.07, 6.45) is 10.1. The molecule has 0 N–H and O–H groups in total. The van der Waals surface area contributed by atoms with Gasteiger partial charge in [-0.05, 0) is 55.8 Å². The summed E-state index contributed by atoms with van der Waals surface area (Å²) in [5.74, 6) is 2.84. The van der Waals surface area contributed by atoms with Crippen LogP contribution in [0.1, 0.15) is 25.2 Å². The molecule has 0 aliphatic carbocycles. The summed E-state index contributed by atoms with van der Waals surface area (Å²) in [6.45, 7) is 7.92. The van der Waals surface area contributed by atoms with Crippen molar-refractivity contribution in [1.82, 2.24) is 4.57 Å². The monoisotopic (exact) mass is 761 g/mol. The quantitative estimate of drug-likeness (QED) is 0.0604. The van der Waals surface area contributed by atoms with Crippen LogP contribution in [-0.4, -0.2) is 44.6 Å². The first-order valence-electron chi connectivity index (χ1n) is 17.2. The molecule has 0 bridgehead atoms. The highest BCUT2D eigenvalue weighted by molar-refractivity contribution is 6.42. The molecule has 0 amide bonds. The minimum Gasteiger partial charge on any atom is -0.497 e. The molecule has 0 saturated carbocycles. The number of hydrogen-bond acceptors (Lipinski definition) is 5. The molecule has 5 aromatic rings. The first-order valence-corrected chi connectivity index (χ1v) is 18.3. The van der Waals surface area contributed by atoms with E-state index in [0.717, 1.165) is 40.7 Å². The van der Waals surface area contributed by atoms with Gasteiger partial charge in [0.1, 0.15) is 36.3 Å². The van der Waals surface area contributed by atoms with Crippen molar-refractivity contribution in [2.45, 2.75) is 26.9 Å². The van der Waals surface area contributed by atoms with E-state index in [1.165, 1.54) is 11.6 Å². The molecule has 1 aliphatic heterocycles. The Bertz CT molecular complexity index is 2100. The lowest BCUT2D eigenvalue weighted by Crippen LogP contribution is -2.37. The molecular weight excluding hydrogens is 722 g/mol. The van der Waals surface area contributed by atoms with E-state index in [2.05, 4.69) is 44.1 Å². The fraction of sp³-hybridized carbons (Fsp3) is 0.244. The predicted molar refractivity (Wildman–Crippen MR) is 211 cm³/mol. The van der Waals surface area contributed by atoms with Crippen LogP contribution in [0.25, 0.3) is 17.1 Å². The van der Waals surface area contributed by atoms with Crippen molar-refractivity contribution in [3.8, 4) is 11.5 Å². The Kier molecular flexibility index (Phi) is 12.5. The summed E-state index contributed by atoms with van der Waals surface area (Å²) >= 11 is 19.3. The number of aromatic nitrogens is 2. The third kappa shape index (κ3) is 8.26. The Morgan fingerprint density at radius 1 is 0.769 bits per heavy atom. The molecule has 11 heteroatoms. The zero-order valence-corrected chi connectivity index (χ0v) is 31.6. The number of nitrogens with zero attached hydrogens (tertiary/aromatic N) is 4. The van der Waals surface area contributed by atoms with E-state index in [-0.39, 0.29) is 5.02 Å². The zero-order chi connectivity index (χ0) is 36.6. The lowest BCUT2D eigenvalue weighted by molar-refractivity contribution is -0.665. The van der Waals surface area contributed by atoms with Crippen LogP contribution < -0.4 is 23.8 Å². The van der Waals surface area contributed by atoms with Crippen LogP contribution in [0.2, 0.25) is 15.1 Å². The summed E-state index contributed by atoms with van der Waals surface area (Å²) in [5.41, 5.74) is 4.68. The van der Waals surface area contributed by atoms with E-state index in [9.17, 15) is 4.39 Å². The van der Waals surface area contributed by atoms with Gasteiger partial charge in [-0.15, -0.1) is 0 Å². The molecule has 6 rings (SSSR count). The molecular formula is C41H41Cl3FN4O3+. The maximum absolute atomic E-state index is 14.9. The molecule has 0 spiro atoms. The molecule has 0 atom stereocenters. The Hall–Kier alpha value is -4.47. The number of imidazole rings is 1. The Labute approximate surface area is 319 Å². The Balaban J connectivity index is 1.32. The summed E-state index contributed by atoms with van der Waals surface area (Å²) < 4.78 is 36.5. The molecule has 270 valence electrons. The second-order valence-electron chi connectivity index (χ2n) is 12.0. The summed E-state index contributed by atoms with van der Waals surface area (Å²) in [6, 6.07) is 24.8. The van der Waals surface area contributed by atoms with E-state index < -0.39 is 5.82 Å². The van der Waals surface area contributed by atoms with Crippen molar-refractivity contribution >= 4 is 63.3 Å². The molecule has 0 fully saturated rings. The second kappa shape index (κ2) is 17.4. The van der Waals surface area contributed by atoms with E-state index in [4.69, 9.17) is 49.0 Å². The van der Waals surface area contributed by atoms with Crippen molar-refractivity contribution < 1.29 is 23.2 Å². The standard InChI is InChI=1S/C41H41Cl3FN4O3/c1-4-46-36-24-32(42)33(43)25-38(36)49(28-29-12-8-6-9-13-29)40(46)14-10-7-11-15-41-47(20-22-51-5-2)37-26-34(44)35(45)27-39(37)48(41)21-23-52-31-18-16-30(50-3)17-19-31/h6-19,24-27H,4-5,20-23,28H2,1-3H3/q+1. The van der Waals surface area contributed by atoms with Gasteiger partial charge in [0.05, 0.1) is 53.2 Å². The molecule has 1 aromatic heterocycles. The number of ether oxygens (including phenoxy) is 3. The van der Waals surface area contributed by atoms with Crippen LogP contribution >= 0.6 is 34.8 Å². The summed E-state index contributed by atoms with van der Waals surface area (Å²) in [5, 5.41) is 1.09. The van der Waals surface area contributed by atoms with Gasteiger partial charge >= 0.3 is 0 Å². The number of allylic oxidation sites excluding steroid dienone is 4. The van der Waals surface area contributed by atoms with Gasteiger partial charge < -0.3 is 24.0 Å². The van der Waals surface area contributed by atoms with Crippen molar-refractivity contribution in [2.24, 2.45) is 0 Å². The minimum atomic E-state index is -0.483. The number of benzene rings is 4. The highest BCUT2D eigenvalue weighted by atomic mass is 35.5. The average molecular weight is 763 g/mol. The molecule has 2 heterocycles. The number of fused-ring (bicyclic) bond motifs is 2. The number of anilines is 2. The van der Waals surface area contributed by atoms with Crippen LogP contribution in [0.5, 0.6) is 11.5 Å². The second-order valence-corrected chi connectivity index (χ2v) is 13.2. The minimum absolute atomic E-state index is 0.0620. The number of methoxy groups -OCH3 is 1. The molecule has 7 nitrogen and oxygen atoms in total. The SMILES string of the molecule is CCOCCN1/C(=C/C=C/C=C/c2n(CC)c3cc(Cl)c(Cl)cc3[n+]2Cc2ccccc2)N(CCOc2ccc(OC)cc2)c2cc(F)c(Cl)cc21. The highest BCUT2D eigenvalue weighted by Gasteiger charge is 2.32. The number of rotatable bonds is 15. The smallest absolute Gasteiger partial charge is 0.282 e. The van der Waals surface area contributed by atoms with E-state index >= 15 is 0 Å². The van der Waals surface area contributed by atoms with Crippen molar-refractivity contribution in [2.75, 3.05) is 49.8 Å². The van der Waals surface area contributed by atoms with Gasteiger partial charge in [-0.2, -0.15) is 0 Å². The van der Waals surface area contributed by atoms with Gasteiger partial charge in [-0.3, -0.25) is 0 Å². The van der Waals surface area contributed by atoms with Crippen LogP contribution in [0.3, 0.4) is 0 Å². The van der Waals surface area contributed by atoms with Crippen molar-refractivity contribution in [3.05, 3.63) is 141 Å². The Morgan fingerprint density at radius 3 is 2.17 bits per heavy atom. The fourth-order valence-corrected chi connectivity index (χ4v) is 6.84. The summed E-state index contributed by atoms with van der Waals surface area (Å²) in [7, 11) is 1.63. The maximum Gasteiger partial charge on any atom is 0.282 e. The first-order chi connectivity index (χ1) is 25.3. The van der Waals surface area contributed by atoms with Gasteiger partial charge in [0.15, 0.2) is 11.0 Å². The van der Waals surface area contributed by atoms with Crippen LogP contribution in [-0.2, 0) is 17.8 Å². The largest absolute Gasteiger partial charge is 0.497 e. The lowest BCUT2D eigenvalue weighted by atomic mass is 10.2. The molecule has 52 heavy (non-hydrogen) atoms. The zero-order valence-electron chi connectivity index (χ0n) is 29.4. The number of halogens is 4. The molecule has 0 radical (unpaired) electrons. The van der Waals surface area contributed by atoms with Gasteiger partial charge in [-0.25, -0.2) is 13.5 Å². The normalized spacial score (nSPS) is 13.7. The number of hydrogen-bond donors (Lipinski definition) is 0. The maximum atomic E-state index is 14.9. The number of aryl methyl sites for hydroxylation is 1. The van der Waals surface area contributed by atoms with Crippen LogP contribution in [0, 0.1) is 5.82 Å². The molecule has 0 unspecified atom stereocenters. The van der Waals surface area contributed by atoms with Crippen molar-refractivity contribution in [3.63, 3.8) is 0 Å². The summed E-state index contributed by atoms with van der Waals surface area (Å²) in [4.78, 5) is 4.16. The van der Waals surface area contributed by atoms with Crippen LogP contribution in [0.15, 0.2) is 109 Å². The topological polar surface area (TPSA) is 43.0 Å². The lowest BCUT2D eigenvalue weighted by Gasteiger charge is -2.25. The van der Waals surface area contributed by atoms with Gasteiger partial charge in [0, 0.05) is 37.4 Å². The van der Waals surface area contributed by atoms with Crippen LogP contribution in [0.4, 0.5) is 15.8 Å². The molecule has 1 aliphatic rings. The van der Waals surface area contributed by atoms with E-state index in [1.807, 2.05) is 85.8 Å². The average Bonchev–Trinajstić information content (AvgIpc) is 3.58. The van der Waals surface area contributed by atoms with E-state index in [0.29, 0.717) is 60.9 Å². The fourth-order valence-electron chi connectivity index (χ4n) is 6.37. The molecule has 0 saturated heterocycles. The Morgan fingerprint density at radius 2 is 1.46 bits per heavy atom. The third-order valence-corrected chi connectivity index (χ3v) is 9.84.